The molecule has 1 heterocycles. The quantitative estimate of drug-likeness (QED) is 0.406. The van der Waals surface area contributed by atoms with Gasteiger partial charge in [-0.2, -0.15) is 0 Å². The first-order chi connectivity index (χ1) is 16.0. The third-order valence-electron chi connectivity index (χ3n) is 4.80. The van der Waals surface area contributed by atoms with Crippen molar-refractivity contribution in [3.63, 3.8) is 0 Å². The summed E-state index contributed by atoms with van der Waals surface area (Å²) in [6.07, 6.45) is -0.870. The Hall–Kier alpha value is -2.88. The molecule has 192 valence electrons. The lowest BCUT2D eigenvalue weighted by Crippen LogP contribution is -2.69. The molecule has 1 atom stereocenters. The Morgan fingerprint density at radius 2 is 1.86 bits per heavy atom. The van der Waals surface area contributed by atoms with Crippen molar-refractivity contribution in [1.29, 1.82) is 0 Å². The van der Waals surface area contributed by atoms with Gasteiger partial charge in [0.1, 0.15) is 28.5 Å². The fourth-order valence-corrected chi connectivity index (χ4v) is 5.15. The van der Waals surface area contributed by atoms with Crippen LogP contribution in [0.3, 0.4) is 0 Å². The molecule has 0 saturated carbocycles. The largest absolute Gasteiger partial charge is 0.481 e. The standard InChI is InChI=1S/C23H30N2O8S2/c1-7-8-13-31-16-9-11-17(12-10-16)35(29,30)25-15-23(19(26)27,33-22(5,6)18(25)34)14-24-20(28)32-21(2,3)4/h9-12H,13-15H2,1-6H3,(H,24,28)(H,26,27)/t23-/m1/s1. The number of carbonyl (C=O) groups excluding carboxylic acids is 1. The molecule has 0 radical (unpaired) electrons. The molecule has 1 aromatic rings. The minimum Gasteiger partial charge on any atom is -0.481 e. The molecule has 10 nitrogen and oxygen atoms in total. The zero-order valence-electron chi connectivity index (χ0n) is 20.5. The highest BCUT2D eigenvalue weighted by atomic mass is 32.2. The zero-order valence-corrected chi connectivity index (χ0v) is 22.1. The number of sulfonamides is 1. The van der Waals surface area contributed by atoms with E-state index in [2.05, 4.69) is 17.2 Å². The van der Waals surface area contributed by atoms with E-state index in [1.165, 1.54) is 38.1 Å². The summed E-state index contributed by atoms with van der Waals surface area (Å²) in [4.78, 5) is 24.3. The van der Waals surface area contributed by atoms with E-state index < -0.39 is 52.0 Å². The van der Waals surface area contributed by atoms with Crippen LogP contribution in [0, 0.1) is 11.8 Å². The Morgan fingerprint density at radius 1 is 1.26 bits per heavy atom. The van der Waals surface area contributed by atoms with E-state index in [4.69, 9.17) is 26.4 Å². The van der Waals surface area contributed by atoms with Gasteiger partial charge in [-0.15, -0.1) is 5.92 Å². The summed E-state index contributed by atoms with van der Waals surface area (Å²) in [5, 5.41) is 12.4. The van der Waals surface area contributed by atoms with Gasteiger partial charge in [0.05, 0.1) is 18.0 Å². The number of aliphatic carboxylic acids is 1. The maximum atomic E-state index is 13.5. The Morgan fingerprint density at radius 3 is 2.37 bits per heavy atom. The van der Waals surface area contributed by atoms with E-state index in [0.717, 1.165) is 4.31 Å². The summed E-state index contributed by atoms with van der Waals surface area (Å²) in [5.41, 5.74) is -4.41. The molecule has 0 bridgehead atoms. The molecule has 0 aromatic heterocycles. The molecule has 0 unspecified atom stereocenters. The molecule has 1 amide bonds. The van der Waals surface area contributed by atoms with Crippen molar-refractivity contribution in [2.75, 3.05) is 19.7 Å². The minimum absolute atomic E-state index is 0.120. The minimum atomic E-state index is -4.27. The van der Waals surface area contributed by atoms with E-state index in [1.807, 2.05) is 0 Å². The fraction of sp³-hybridized carbons (Fsp3) is 0.522. The molecule has 1 aliphatic heterocycles. The van der Waals surface area contributed by atoms with Gasteiger partial charge in [-0.25, -0.2) is 18.0 Å². The van der Waals surface area contributed by atoms with Gasteiger partial charge in [-0.05, 0) is 65.8 Å². The van der Waals surface area contributed by atoms with Crippen molar-refractivity contribution in [1.82, 2.24) is 9.62 Å². The molecule has 1 saturated heterocycles. The molecule has 1 aromatic carbocycles. The SMILES string of the molecule is CC#CCOc1ccc(S(=O)(=O)N2C[C@](CNC(=O)OC(C)(C)C)(C(=O)O)OC(C)(C)C2=S)cc1. The van der Waals surface area contributed by atoms with Crippen molar-refractivity contribution in [2.45, 2.75) is 63.2 Å². The van der Waals surface area contributed by atoms with Crippen molar-refractivity contribution in [3.05, 3.63) is 24.3 Å². The second-order valence-electron chi connectivity index (χ2n) is 9.27. The maximum absolute atomic E-state index is 13.5. The number of carbonyl (C=O) groups is 2. The van der Waals surface area contributed by atoms with E-state index >= 15 is 0 Å². The summed E-state index contributed by atoms with van der Waals surface area (Å²) in [6, 6.07) is 5.59. The van der Waals surface area contributed by atoms with Crippen LogP contribution in [0.25, 0.3) is 0 Å². The summed E-state index contributed by atoms with van der Waals surface area (Å²) in [5.74, 6) is 4.37. The highest BCUT2D eigenvalue weighted by Gasteiger charge is 2.55. The number of nitrogens with one attached hydrogen (secondary N) is 1. The molecule has 0 spiro atoms. The number of alkyl carbamates (subject to hydrolysis) is 1. The number of hydrogen-bond acceptors (Lipinski definition) is 8. The van der Waals surface area contributed by atoms with E-state index in [1.54, 1.807) is 27.7 Å². The predicted molar refractivity (Wildman–Crippen MR) is 132 cm³/mol. The number of morpholine rings is 1. The van der Waals surface area contributed by atoms with Gasteiger partial charge in [0.2, 0.25) is 5.60 Å². The molecule has 2 rings (SSSR count). The van der Waals surface area contributed by atoms with Crippen molar-refractivity contribution < 1.29 is 37.3 Å². The van der Waals surface area contributed by atoms with Crippen LogP contribution in [0.2, 0.25) is 0 Å². The highest BCUT2D eigenvalue weighted by Crippen LogP contribution is 2.35. The summed E-state index contributed by atoms with van der Waals surface area (Å²) in [7, 11) is -4.27. The topological polar surface area (TPSA) is 131 Å². The summed E-state index contributed by atoms with van der Waals surface area (Å²) < 4.78 is 44.2. The molecule has 1 aliphatic rings. The number of hydrogen-bond donors (Lipinski definition) is 2. The lowest BCUT2D eigenvalue weighted by molar-refractivity contribution is -0.183. The lowest BCUT2D eigenvalue weighted by atomic mass is 9.97. The monoisotopic (exact) mass is 526 g/mol. The van der Waals surface area contributed by atoms with Crippen LogP contribution in [-0.4, -0.2) is 71.4 Å². The summed E-state index contributed by atoms with van der Waals surface area (Å²) in [6.45, 7) is 8.50. The van der Waals surface area contributed by atoms with Gasteiger partial charge in [0.25, 0.3) is 10.0 Å². The number of nitrogens with zero attached hydrogens (tertiary/aromatic N) is 1. The average molecular weight is 527 g/mol. The molecular formula is C23H30N2O8S2. The molecular weight excluding hydrogens is 496 g/mol. The normalized spacial score (nSPS) is 19.8. The van der Waals surface area contributed by atoms with E-state index in [0.29, 0.717) is 5.75 Å². The third-order valence-corrected chi connectivity index (χ3v) is 7.38. The fourth-order valence-electron chi connectivity index (χ4n) is 3.20. The second-order valence-corrected chi connectivity index (χ2v) is 11.5. The molecule has 1 fully saturated rings. The molecule has 35 heavy (non-hydrogen) atoms. The number of carboxylic acid groups (broad SMARTS) is 1. The van der Waals surface area contributed by atoms with Gasteiger partial charge in [-0.3, -0.25) is 4.31 Å². The first kappa shape index (κ1) is 28.4. The summed E-state index contributed by atoms with van der Waals surface area (Å²) >= 11 is 5.38. The predicted octanol–water partition coefficient (Wildman–Crippen LogP) is 2.56. The average Bonchev–Trinajstić information content (AvgIpc) is 2.73. The van der Waals surface area contributed by atoms with Crippen LogP contribution in [0.4, 0.5) is 4.79 Å². The van der Waals surface area contributed by atoms with Crippen LogP contribution < -0.4 is 10.1 Å². The van der Waals surface area contributed by atoms with Gasteiger partial charge in [-0.1, -0.05) is 18.1 Å². The Kier molecular flexibility index (Phi) is 8.42. The molecule has 0 aliphatic carbocycles. The van der Waals surface area contributed by atoms with Crippen LogP contribution in [0.5, 0.6) is 5.75 Å². The van der Waals surface area contributed by atoms with Crippen molar-refractivity contribution in [2.24, 2.45) is 0 Å². The number of thiocarbonyl (C=S) groups is 1. The second kappa shape index (κ2) is 10.4. The lowest BCUT2D eigenvalue weighted by Gasteiger charge is -2.48. The Bertz CT molecular complexity index is 1140. The smallest absolute Gasteiger partial charge is 0.407 e. The number of rotatable bonds is 7. The molecule has 12 heteroatoms. The molecule has 2 N–H and O–H groups in total. The third kappa shape index (κ3) is 6.84. The number of amides is 1. The number of carboxylic acids is 1. The van der Waals surface area contributed by atoms with Crippen LogP contribution in [0.15, 0.2) is 29.2 Å². The van der Waals surface area contributed by atoms with Gasteiger partial charge < -0.3 is 24.6 Å². The zero-order chi connectivity index (χ0) is 26.7. The Labute approximate surface area is 211 Å². The van der Waals surface area contributed by atoms with Gasteiger partial charge in [0, 0.05) is 0 Å². The first-order valence-electron chi connectivity index (χ1n) is 10.6. The van der Waals surface area contributed by atoms with Crippen LogP contribution in [0.1, 0.15) is 41.5 Å². The first-order valence-corrected chi connectivity index (χ1v) is 12.5. The van der Waals surface area contributed by atoms with E-state index in [9.17, 15) is 23.1 Å². The van der Waals surface area contributed by atoms with Crippen LogP contribution in [-0.2, 0) is 24.3 Å². The van der Waals surface area contributed by atoms with E-state index in [-0.39, 0.29) is 16.5 Å². The van der Waals surface area contributed by atoms with Gasteiger partial charge in [0.15, 0.2) is 0 Å². The number of ether oxygens (including phenoxy) is 3. The van der Waals surface area contributed by atoms with Crippen LogP contribution >= 0.6 is 12.2 Å². The maximum Gasteiger partial charge on any atom is 0.407 e. The Balaban J connectivity index is 2.37. The van der Waals surface area contributed by atoms with Crippen molar-refractivity contribution >= 4 is 39.3 Å². The highest BCUT2D eigenvalue weighted by molar-refractivity contribution is 7.91. The number of benzene rings is 1. The van der Waals surface area contributed by atoms with Gasteiger partial charge >= 0.3 is 12.1 Å². The van der Waals surface area contributed by atoms with Crippen molar-refractivity contribution in [3.8, 4) is 17.6 Å².